The SMILES string of the molecule is C/C(=N\N=C(N)N)c1sc(-c2ccc(-c3ccc(C(F)(F)F)cc3)cc2)nc1C. The lowest BCUT2D eigenvalue weighted by atomic mass is 10.0. The maximum absolute atomic E-state index is 12.7. The molecule has 0 saturated heterocycles. The maximum Gasteiger partial charge on any atom is 0.416 e. The fourth-order valence-electron chi connectivity index (χ4n) is 2.69. The number of benzene rings is 2. The second-order valence-electron chi connectivity index (χ2n) is 6.30. The minimum absolute atomic E-state index is 0.120. The van der Waals surface area contributed by atoms with Gasteiger partial charge in [-0.25, -0.2) is 4.98 Å². The first kappa shape index (κ1) is 20.5. The molecule has 29 heavy (non-hydrogen) atoms. The minimum atomic E-state index is -4.34. The molecule has 2 aromatic carbocycles. The highest BCUT2D eigenvalue weighted by Crippen LogP contribution is 2.33. The summed E-state index contributed by atoms with van der Waals surface area (Å²) in [7, 11) is 0. The molecule has 0 amide bonds. The zero-order valence-electron chi connectivity index (χ0n) is 15.7. The molecule has 0 saturated carbocycles. The molecule has 9 heteroatoms. The van der Waals surface area contributed by atoms with Crippen LogP contribution in [0, 0.1) is 6.92 Å². The van der Waals surface area contributed by atoms with Crippen molar-refractivity contribution in [3.63, 3.8) is 0 Å². The topological polar surface area (TPSA) is 89.6 Å². The lowest BCUT2D eigenvalue weighted by Crippen LogP contribution is -2.22. The Morgan fingerprint density at radius 1 is 0.897 bits per heavy atom. The summed E-state index contributed by atoms with van der Waals surface area (Å²) < 4.78 is 38.1. The highest BCUT2D eigenvalue weighted by atomic mass is 32.1. The Balaban J connectivity index is 1.85. The summed E-state index contributed by atoms with van der Waals surface area (Å²) in [6, 6.07) is 12.6. The average Bonchev–Trinajstić information content (AvgIpc) is 3.07. The molecule has 0 spiro atoms. The Kier molecular flexibility index (Phi) is 5.69. The summed E-state index contributed by atoms with van der Waals surface area (Å²) in [6.45, 7) is 3.67. The number of guanidine groups is 1. The lowest BCUT2D eigenvalue weighted by Gasteiger charge is -2.08. The van der Waals surface area contributed by atoms with Crippen LogP contribution in [0.25, 0.3) is 21.7 Å². The minimum Gasteiger partial charge on any atom is -0.369 e. The van der Waals surface area contributed by atoms with Crippen LogP contribution in [0.4, 0.5) is 13.2 Å². The number of hydrogen-bond acceptors (Lipinski definition) is 4. The molecule has 0 unspecified atom stereocenters. The van der Waals surface area contributed by atoms with Gasteiger partial charge in [0.2, 0.25) is 5.96 Å². The Hall–Kier alpha value is -3.20. The zero-order chi connectivity index (χ0) is 21.2. The molecule has 0 radical (unpaired) electrons. The van der Waals surface area contributed by atoms with E-state index in [0.29, 0.717) is 11.3 Å². The summed E-state index contributed by atoms with van der Waals surface area (Å²) >= 11 is 1.46. The van der Waals surface area contributed by atoms with Gasteiger partial charge in [-0.05, 0) is 37.1 Å². The van der Waals surface area contributed by atoms with E-state index in [2.05, 4.69) is 15.2 Å². The number of nitrogens with two attached hydrogens (primary N) is 2. The maximum atomic E-state index is 12.7. The van der Waals surface area contributed by atoms with Crippen molar-refractivity contribution in [2.24, 2.45) is 21.7 Å². The molecule has 3 rings (SSSR count). The van der Waals surface area contributed by atoms with E-state index in [1.54, 1.807) is 6.92 Å². The molecular formula is C20H18F3N5S. The van der Waals surface area contributed by atoms with Crippen LogP contribution in [-0.2, 0) is 6.18 Å². The van der Waals surface area contributed by atoms with E-state index in [0.717, 1.165) is 38.8 Å². The summed E-state index contributed by atoms with van der Waals surface area (Å²) in [4.78, 5) is 5.44. The van der Waals surface area contributed by atoms with E-state index in [4.69, 9.17) is 11.5 Å². The predicted octanol–water partition coefficient (Wildman–Crippen LogP) is 4.80. The van der Waals surface area contributed by atoms with Crippen molar-refractivity contribution in [1.82, 2.24) is 4.98 Å². The van der Waals surface area contributed by atoms with Crippen molar-refractivity contribution < 1.29 is 13.2 Å². The van der Waals surface area contributed by atoms with E-state index in [1.807, 2.05) is 31.2 Å². The van der Waals surface area contributed by atoms with Crippen LogP contribution in [-0.4, -0.2) is 16.7 Å². The van der Waals surface area contributed by atoms with Crippen LogP contribution in [0.2, 0.25) is 0 Å². The van der Waals surface area contributed by atoms with Gasteiger partial charge in [0.15, 0.2) is 0 Å². The van der Waals surface area contributed by atoms with Crippen molar-refractivity contribution >= 4 is 23.0 Å². The van der Waals surface area contributed by atoms with E-state index >= 15 is 0 Å². The molecular weight excluding hydrogens is 399 g/mol. The van der Waals surface area contributed by atoms with Crippen molar-refractivity contribution in [1.29, 1.82) is 0 Å². The Morgan fingerprint density at radius 2 is 1.41 bits per heavy atom. The summed E-state index contributed by atoms with van der Waals surface area (Å²) in [5, 5.41) is 8.45. The van der Waals surface area contributed by atoms with E-state index < -0.39 is 11.7 Å². The molecule has 5 nitrogen and oxygen atoms in total. The normalized spacial score (nSPS) is 12.1. The number of halogens is 3. The van der Waals surface area contributed by atoms with Crippen molar-refractivity contribution in [3.05, 3.63) is 64.7 Å². The molecule has 0 aliphatic heterocycles. The van der Waals surface area contributed by atoms with Crippen molar-refractivity contribution in [2.75, 3.05) is 0 Å². The number of alkyl halides is 3. The van der Waals surface area contributed by atoms with Crippen LogP contribution in [0.1, 0.15) is 23.1 Å². The third kappa shape index (κ3) is 4.80. The fourth-order valence-corrected chi connectivity index (χ4v) is 3.70. The standard InChI is InChI=1S/C20H18F3N5S/c1-11-17(12(2)27-28-19(24)25)29-18(26-11)15-5-3-13(4-6-15)14-7-9-16(10-8-14)20(21,22)23/h3-10H,1-2H3,(H4,24,25,28)/b27-12+. The van der Waals surface area contributed by atoms with Gasteiger partial charge in [-0.1, -0.05) is 36.4 Å². The van der Waals surface area contributed by atoms with E-state index in [9.17, 15) is 13.2 Å². The molecule has 150 valence electrons. The molecule has 0 aliphatic carbocycles. The third-order valence-electron chi connectivity index (χ3n) is 4.12. The van der Waals surface area contributed by atoms with Crippen LogP contribution >= 0.6 is 11.3 Å². The molecule has 4 N–H and O–H groups in total. The third-order valence-corrected chi connectivity index (χ3v) is 5.43. The smallest absolute Gasteiger partial charge is 0.369 e. The first-order valence-electron chi connectivity index (χ1n) is 8.54. The highest BCUT2D eigenvalue weighted by Gasteiger charge is 2.29. The van der Waals surface area contributed by atoms with Gasteiger partial charge in [0.1, 0.15) is 5.01 Å². The second kappa shape index (κ2) is 8.04. The van der Waals surface area contributed by atoms with Crippen LogP contribution in [0.15, 0.2) is 58.7 Å². The summed E-state index contributed by atoms with van der Waals surface area (Å²) in [5.74, 6) is -0.120. The first-order valence-corrected chi connectivity index (χ1v) is 9.36. The van der Waals surface area contributed by atoms with E-state index in [-0.39, 0.29) is 5.96 Å². The second-order valence-corrected chi connectivity index (χ2v) is 7.30. The molecule has 1 aromatic heterocycles. The molecule has 0 fully saturated rings. The lowest BCUT2D eigenvalue weighted by molar-refractivity contribution is -0.137. The summed E-state index contributed by atoms with van der Waals surface area (Å²) in [6.07, 6.45) is -4.34. The predicted molar refractivity (Wildman–Crippen MR) is 111 cm³/mol. The quantitative estimate of drug-likeness (QED) is 0.363. The van der Waals surface area contributed by atoms with Gasteiger partial charge in [0.25, 0.3) is 0 Å². The van der Waals surface area contributed by atoms with Crippen LogP contribution in [0.5, 0.6) is 0 Å². The summed E-state index contributed by atoms with van der Waals surface area (Å²) in [5.41, 5.74) is 13.8. The fraction of sp³-hybridized carbons (Fsp3) is 0.150. The van der Waals surface area contributed by atoms with Gasteiger partial charge in [-0.3, -0.25) is 0 Å². The number of aryl methyl sites for hydroxylation is 1. The monoisotopic (exact) mass is 417 g/mol. The Morgan fingerprint density at radius 3 is 1.93 bits per heavy atom. The molecule has 0 bridgehead atoms. The largest absolute Gasteiger partial charge is 0.416 e. The number of aromatic nitrogens is 1. The van der Waals surface area contributed by atoms with Crippen LogP contribution < -0.4 is 11.5 Å². The molecule has 0 aliphatic rings. The van der Waals surface area contributed by atoms with E-state index in [1.165, 1.54) is 23.5 Å². The number of rotatable bonds is 4. The Labute approximate surface area is 169 Å². The first-order chi connectivity index (χ1) is 13.6. The zero-order valence-corrected chi connectivity index (χ0v) is 16.5. The molecule has 0 atom stereocenters. The average molecular weight is 417 g/mol. The van der Waals surface area contributed by atoms with Gasteiger partial charge >= 0.3 is 6.18 Å². The van der Waals surface area contributed by atoms with Crippen molar-refractivity contribution in [3.8, 4) is 21.7 Å². The highest BCUT2D eigenvalue weighted by molar-refractivity contribution is 7.17. The van der Waals surface area contributed by atoms with Gasteiger partial charge in [0.05, 0.1) is 21.8 Å². The van der Waals surface area contributed by atoms with Gasteiger partial charge in [0, 0.05) is 5.56 Å². The van der Waals surface area contributed by atoms with Gasteiger partial charge < -0.3 is 11.5 Å². The number of hydrogen-bond donors (Lipinski definition) is 2. The van der Waals surface area contributed by atoms with Crippen LogP contribution in [0.3, 0.4) is 0 Å². The number of nitrogens with zero attached hydrogens (tertiary/aromatic N) is 3. The van der Waals surface area contributed by atoms with Gasteiger partial charge in [-0.2, -0.15) is 18.3 Å². The van der Waals surface area contributed by atoms with Gasteiger partial charge in [-0.15, -0.1) is 16.4 Å². The van der Waals surface area contributed by atoms with Crippen molar-refractivity contribution in [2.45, 2.75) is 20.0 Å². The molecule has 1 heterocycles. The Bertz CT molecular complexity index is 1060. The molecule has 3 aromatic rings. The number of thiazole rings is 1.